The molecular weight excluding hydrogens is 184 g/mol. The Kier molecular flexibility index (Phi) is 4.21. The average Bonchev–Trinajstić information content (AvgIpc) is 2.51. The van der Waals surface area contributed by atoms with E-state index in [0.29, 0.717) is 6.54 Å². The van der Waals surface area contributed by atoms with Crippen LogP contribution in [0.1, 0.15) is 4.88 Å². The highest BCUT2D eigenvalue weighted by molar-refractivity contribution is 7.10. The van der Waals surface area contributed by atoms with Crippen molar-refractivity contribution in [3.8, 4) is 5.75 Å². The highest BCUT2D eigenvalue weighted by Crippen LogP contribution is 2.23. The molecule has 0 aliphatic rings. The van der Waals surface area contributed by atoms with Gasteiger partial charge in [-0.1, -0.05) is 0 Å². The standard InChI is InChI=1S/C9H16N2OS/c1-11(2)4-5-12-8-3-6-13-9(8)7-10/h3,6H,4-5,7,10H2,1-2H3. The topological polar surface area (TPSA) is 38.5 Å². The number of hydrogen-bond acceptors (Lipinski definition) is 4. The molecule has 0 amide bonds. The predicted molar refractivity (Wildman–Crippen MR) is 56.3 cm³/mol. The van der Waals surface area contributed by atoms with Crippen molar-refractivity contribution in [3.63, 3.8) is 0 Å². The quantitative estimate of drug-likeness (QED) is 0.775. The molecule has 0 atom stereocenters. The zero-order valence-corrected chi connectivity index (χ0v) is 8.93. The van der Waals surface area contributed by atoms with Crippen LogP contribution in [0.4, 0.5) is 0 Å². The first-order valence-electron chi connectivity index (χ1n) is 4.28. The Morgan fingerprint density at radius 1 is 1.54 bits per heavy atom. The van der Waals surface area contributed by atoms with Crippen LogP contribution in [0, 0.1) is 0 Å². The van der Waals surface area contributed by atoms with Crippen molar-refractivity contribution in [2.45, 2.75) is 6.54 Å². The summed E-state index contributed by atoms with van der Waals surface area (Å²) in [5.41, 5.74) is 5.55. The third-order valence-corrected chi connectivity index (χ3v) is 2.61. The first-order valence-corrected chi connectivity index (χ1v) is 5.16. The van der Waals surface area contributed by atoms with Crippen LogP contribution in [0.2, 0.25) is 0 Å². The Balaban J connectivity index is 2.36. The van der Waals surface area contributed by atoms with Gasteiger partial charge in [-0.2, -0.15) is 0 Å². The minimum Gasteiger partial charge on any atom is -0.491 e. The van der Waals surface area contributed by atoms with Crippen LogP contribution in [0.25, 0.3) is 0 Å². The molecule has 0 radical (unpaired) electrons. The van der Waals surface area contributed by atoms with Crippen LogP contribution >= 0.6 is 11.3 Å². The van der Waals surface area contributed by atoms with E-state index in [9.17, 15) is 0 Å². The first-order chi connectivity index (χ1) is 6.24. The molecule has 0 unspecified atom stereocenters. The summed E-state index contributed by atoms with van der Waals surface area (Å²) in [7, 11) is 4.06. The number of likely N-dealkylation sites (N-methyl/N-ethyl adjacent to an activating group) is 1. The lowest BCUT2D eigenvalue weighted by atomic mass is 10.4. The zero-order valence-electron chi connectivity index (χ0n) is 8.12. The van der Waals surface area contributed by atoms with Gasteiger partial charge in [0.25, 0.3) is 0 Å². The third kappa shape index (κ3) is 3.34. The molecule has 0 aliphatic carbocycles. The molecule has 3 nitrogen and oxygen atoms in total. The third-order valence-electron chi connectivity index (χ3n) is 1.69. The van der Waals surface area contributed by atoms with Crippen LogP contribution in [0.3, 0.4) is 0 Å². The monoisotopic (exact) mass is 200 g/mol. The summed E-state index contributed by atoms with van der Waals surface area (Å²) in [6.45, 7) is 2.21. The Morgan fingerprint density at radius 2 is 2.31 bits per heavy atom. The van der Waals surface area contributed by atoms with E-state index in [4.69, 9.17) is 10.5 Å². The fourth-order valence-electron chi connectivity index (χ4n) is 0.944. The minimum absolute atomic E-state index is 0.564. The zero-order chi connectivity index (χ0) is 9.68. The second-order valence-electron chi connectivity index (χ2n) is 3.06. The van der Waals surface area contributed by atoms with E-state index in [1.54, 1.807) is 11.3 Å². The Morgan fingerprint density at radius 3 is 2.92 bits per heavy atom. The van der Waals surface area contributed by atoms with Crippen molar-refractivity contribution in [1.82, 2.24) is 4.90 Å². The van der Waals surface area contributed by atoms with Gasteiger partial charge in [0.1, 0.15) is 12.4 Å². The summed E-state index contributed by atoms with van der Waals surface area (Å²) in [5.74, 6) is 0.939. The van der Waals surface area contributed by atoms with Crippen LogP contribution in [0.5, 0.6) is 5.75 Å². The van der Waals surface area contributed by atoms with Crippen molar-refractivity contribution in [3.05, 3.63) is 16.3 Å². The molecule has 74 valence electrons. The number of ether oxygens (including phenoxy) is 1. The van der Waals surface area contributed by atoms with Gasteiger partial charge in [0.2, 0.25) is 0 Å². The second kappa shape index (κ2) is 5.21. The summed E-state index contributed by atoms with van der Waals surface area (Å²) in [4.78, 5) is 3.22. The van der Waals surface area contributed by atoms with Crippen LogP contribution < -0.4 is 10.5 Å². The Bertz CT molecular complexity index is 248. The molecule has 1 aromatic rings. The van der Waals surface area contributed by atoms with E-state index in [2.05, 4.69) is 4.90 Å². The number of hydrogen-bond donors (Lipinski definition) is 1. The van der Waals surface area contributed by atoms with E-state index < -0.39 is 0 Å². The highest BCUT2D eigenvalue weighted by Gasteiger charge is 2.02. The van der Waals surface area contributed by atoms with Crippen molar-refractivity contribution in [2.75, 3.05) is 27.2 Å². The van der Waals surface area contributed by atoms with Gasteiger partial charge in [0, 0.05) is 13.1 Å². The van der Waals surface area contributed by atoms with E-state index >= 15 is 0 Å². The van der Waals surface area contributed by atoms with Crippen molar-refractivity contribution < 1.29 is 4.74 Å². The summed E-state index contributed by atoms with van der Waals surface area (Å²) < 4.78 is 5.57. The SMILES string of the molecule is CN(C)CCOc1ccsc1CN. The largest absolute Gasteiger partial charge is 0.491 e. The Hall–Kier alpha value is -0.580. The molecule has 0 spiro atoms. The van der Waals surface area contributed by atoms with Gasteiger partial charge in [0.15, 0.2) is 0 Å². The van der Waals surface area contributed by atoms with Crippen LogP contribution in [-0.4, -0.2) is 32.1 Å². The summed E-state index contributed by atoms with van der Waals surface area (Å²) in [5, 5.41) is 2.01. The maximum absolute atomic E-state index is 5.57. The van der Waals surface area contributed by atoms with Crippen molar-refractivity contribution >= 4 is 11.3 Å². The molecule has 0 bridgehead atoms. The molecule has 1 aromatic heterocycles. The molecule has 0 aromatic carbocycles. The molecular formula is C9H16N2OS. The summed E-state index contributed by atoms with van der Waals surface area (Å²) >= 11 is 1.64. The Labute approximate surface area is 83.1 Å². The normalized spacial score (nSPS) is 10.8. The van der Waals surface area contributed by atoms with Gasteiger partial charge in [-0.25, -0.2) is 0 Å². The molecule has 4 heteroatoms. The molecule has 13 heavy (non-hydrogen) atoms. The lowest BCUT2D eigenvalue weighted by Crippen LogP contribution is -2.19. The van der Waals surface area contributed by atoms with E-state index in [-0.39, 0.29) is 0 Å². The number of nitrogens with zero attached hydrogens (tertiary/aromatic N) is 1. The maximum Gasteiger partial charge on any atom is 0.134 e. The van der Waals surface area contributed by atoms with E-state index in [1.807, 2.05) is 25.5 Å². The van der Waals surface area contributed by atoms with E-state index in [0.717, 1.165) is 23.8 Å². The lowest BCUT2D eigenvalue weighted by molar-refractivity contribution is 0.260. The fraction of sp³-hybridized carbons (Fsp3) is 0.556. The van der Waals surface area contributed by atoms with Crippen molar-refractivity contribution in [1.29, 1.82) is 0 Å². The van der Waals surface area contributed by atoms with E-state index in [1.165, 1.54) is 0 Å². The van der Waals surface area contributed by atoms with Crippen LogP contribution in [-0.2, 0) is 6.54 Å². The molecule has 0 saturated heterocycles. The number of thiophene rings is 1. The first kappa shape index (κ1) is 10.5. The average molecular weight is 200 g/mol. The van der Waals surface area contributed by atoms with Gasteiger partial charge >= 0.3 is 0 Å². The summed E-state index contributed by atoms with van der Waals surface area (Å²) in [6.07, 6.45) is 0. The van der Waals surface area contributed by atoms with Gasteiger partial charge < -0.3 is 15.4 Å². The molecule has 2 N–H and O–H groups in total. The van der Waals surface area contributed by atoms with Gasteiger partial charge in [-0.05, 0) is 25.5 Å². The minimum atomic E-state index is 0.564. The highest BCUT2D eigenvalue weighted by atomic mass is 32.1. The smallest absolute Gasteiger partial charge is 0.134 e. The lowest BCUT2D eigenvalue weighted by Gasteiger charge is -2.10. The van der Waals surface area contributed by atoms with Gasteiger partial charge in [-0.3, -0.25) is 0 Å². The predicted octanol–water partition coefficient (Wildman–Crippen LogP) is 1.15. The molecule has 0 fully saturated rings. The number of nitrogens with two attached hydrogens (primary N) is 1. The van der Waals surface area contributed by atoms with Crippen molar-refractivity contribution in [2.24, 2.45) is 5.73 Å². The van der Waals surface area contributed by atoms with Gasteiger partial charge in [-0.15, -0.1) is 11.3 Å². The van der Waals surface area contributed by atoms with Gasteiger partial charge in [0.05, 0.1) is 4.88 Å². The molecule has 0 aliphatic heterocycles. The van der Waals surface area contributed by atoms with Crippen LogP contribution in [0.15, 0.2) is 11.4 Å². The molecule has 0 saturated carbocycles. The molecule has 1 rings (SSSR count). The second-order valence-corrected chi connectivity index (χ2v) is 4.06. The number of rotatable bonds is 5. The summed E-state index contributed by atoms with van der Waals surface area (Å²) in [6, 6.07) is 1.97. The molecule has 1 heterocycles. The fourth-order valence-corrected chi connectivity index (χ4v) is 1.64. The maximum atomic E-state index is 5.57.